The molecule has 174 valence electrons. The Morgan fingerprint density at radius 2 is 1.31 bits per heavy atom. The number of carbonyl (C=O) groups excluding carboxylic acids is 2. The molecule has 0 aliphatic carbocycles. The van der Waals surface area contributed by atoms with Crippen LogP contribution in [0.1, 0.15) is 15.9 Å². The summed E-state index contributed by atoms with van der Waals surface area (Å²) in [6.45, 7) is 0. The second-order valence-corrected chi connectivity index (χ2v) is 7.63. The van der Waals surface area contributed by atoms with Crippen molar-refractivity contribution < 1.29 is 14.3 Å². The number of para-hydroxylation sites is 3. The number of anilines is 4. The van der Waals surface area contributed by atoms with Crippen LogP contribution in [0, 0.1) is 0 Å². The molecule has 6 nitrogen and oxygen atoms in total. The van der Waals surface area contributed by atoms with E-state index in [1.54, 1.807) is 37.5 Å². The van der Waals surface area contributed by atoms with Crippen molar-refractivity contribution in [3.63, 3.8) is 0 Å². The molecule has 6 heteroatoms. The standard InChI is InChI=1S/C29H25N3O3/c1-35-27-14-8-5-9-21(27)15-20-28(33)32-26-13-7-6-12-25(26)29(34)31-24-18-16-23(17-19-24)30-22-10-3-2-4-11-22/h2-20,30H,1H3,(H,31,34)(H,32,33). The number of benzene rings is 4. The second kappa shape index (κ2) is 11.3. The van der Waals surface area contributed by atoms with E-state index in [1.807, 2.05) is 78.9 Å². The Kier molecular flexibility index (Phi) is 7.56. The van der Waals surface area contributed by atoms with Crippen molar-refractivity contribution in [3.8, 4) is 5.75 Å². The molecule has 0 fully saturated rings. The first-order chi connectivity index (χ1) is 17.1. The van der Waals surface area contributed by atoms with Gasteiger partial charge in [-0.1, -0.05) is 48.5 Å². The zero-order valence-corrected chi connectivity index (χ0v) is 19.2. The van der Waals surface area contributed by atoms with Gasteiger partial charge in [-0.2, -0.15) is 0 Å². The molecule has 0 saturated carbocycles. The molecule has 4 aromatic rings. The smallest absolute Gasteiger partial charge is 0.257 e. The van der Waals surface area contributed by atoms with E-state index in [4.69, 9.17) is 4.74 Å². The Morgan fingerprint density at radius 1 is 0.686 bits per heavy atom. The molecule has 0 heterocycles. The maximum atomic E-state index is 12.9. The lowest BCUT2D eigenvalue weighted by molar-refractivity contribution is -0.111. The van der Waals surface area contributed by atoms with Crippen molar-refractivity contribution in [2.45, 2.75) is 0 Å². The minimum atomic E-state index is -0.354. The average Bonchev–Trinajstić information content (AvgIpc) is 2.89. The molecule has 0 aromatic heterocycles. The van der Waals surface area contributed by atoms with E-state index in [0.717, 1.165) is 16.9 Å². The summed E-state index contributed by atoms with van der Waals surface area (Å²) in [5, 5.41) is 8.97. The number of amides is 2. The third-order valence-electron chi connectivity index (χ3n) is 5.19. The Bertz CT molecular complexity index is 1330. The lowest BCUT2D eigenvalue weighted by atomic mass is 10.1. The normalized spacial score (nSPS) is 10.5. The number of hydrogen-bond acceptors (Lipinski definition) is 4. The Morgan fingerprint density at radius 3 is 2.09 bits per heavy atom. The summed E-state index contributed by atoms with van der Waals surface area (Å²) in [4.78, 5) is 25.5. The molecule has 4 rings (SSSR count). The van der Waals surface area contributed by atoms with E-state index in [9.17, 15) is 9.59 Å². The van der Waals surface area contributed by atoms with Crippen LogP contribution in [0.25, 0.3) is 6.08 Å². The van der Waals surface area contributed by atoms with Crippen molar-refractivity contribution >= 4 is 40.6 Å². The second-order valence-electron chi connectivity index (χ2n) is 7.63. The zero-order valence-electron chi connectivity index (χ0n) is 19.2. The number of ether oxygens (including phenoxy) is 1. The van der Waals surface area contributed by atoms with Crippen molar-refractivity contribution in [3.05, 3.63) is 120 Å². The summed E-state index contributed by atoms with van der Waals surface area (Å²) in [7, 11) is 1.58. The predicted molar refractivity (Wildman–Crippen MR) is 141 cm³/mol. The average molecular weight is 464 g/mol. The lowest BCUT2D eigenvalue weighted by Gasteiger charge is -2.11. The highest BCUT2D eigenvalue weighted by Crippen LogP contribution is 2.22. The molecule has 0 saturated heterocycles. The molecule has 0 aliphatic rings. The Hall–Kier alpha value is -4.84. The molecule has 0 atom stereocenters. The summed E-state index contributed by atoms with van der Waals surface area (Å²) in [6, 6.07) is 31.5. The summed E-state index contributed by atoms with van der Waals surface area (Å²) in [5.41, 5.74) is 4.09. The number of methoxy groups -OCH3 is 1. The van der Waals surface area contributed by atoms with Gasteiger partial charge in [-0.25, -0.2) is 0 Å². The van der Waals surface area contributed by atoms with Gasteiger partial charge in [-0.05, 0) is 60.7 Å². The van der Waals surface area contributed by atoms with Crippen LogP contribution in [-0.2, 0) is 4.79 Å². The first-order valence-corrected chi connectivity index (χ1v) is 11.1. The first-order valence-electron chi connectivity index (χ1n) is 11.1. The van der Waals surface area contributed by atoms with E-state index < -0.39 is 0 Å². The van der Waals surface area contributed by atoms with Gasteiger partial charge in [0.2, 0.25) is 5.91 Å². The van der Waals surface area contributed by atoms with Crippen molar-refractivity contribution in [2.24, 2.45) is 0 Å². The molecule has 0 unspecified atom stereocenters. The summed E-state index contributed by atoms with van der Waals surface area (Å²) < 4.78 is 5.30. The summed E-state index contributed by atoms with van der Waals surface area (Å²) >= 11 is 0. The van der Waals surface area contributed by atoms with Crippen LogP contribution < -0.4 is 20.7 Å². The molecule has 0 spiro atoms. The van der Waals surface area contributed by atoms with Gasteiger partial charge >= 0.3 is 0 Å². The molecule has 0 aliphatic heterocycles. The number of nitrogens with one attached hydrogen (secondary N) is 3. The fourth-order valence-electron chi connectivity index (χ4n) is 3.46. The van der Waals surface area contributed by atoms with Gasteiger partial charge < -0.3 is 20.7 Å². The van der Waals surface area contributed by atoms with Crippen LogP contribution in [0.2, 0.25) is 0 Å². The van der Waals surface area contributed by atoms with Crippen molar-refractivity contribution in [1.82, 2.24) is 0 Å². The monoisotopic (exact) mass is 463 g/mol. The molecule has 3 N–H and O–H groups in total. The third-order valence-corrected chi connectivity index (χ3v) is 5.19. The molecule has 2 amide bonds. The van der Waals surface area contributed by atoms with Crippen LogP contribution in [0.5, 0.6) is 5.75 Å². The van der Waals surface area contributed by atoms with Crippen LogP contribution in [0.15, 0.2) is 109 Å². The SMILES string of the molecule is COc1ccccc1C=CC(=O)Nc1ccccc1C(=O)Nc1ccc(Nc2ccccc2)cc1. The Balaban J connectivity index is 1.41. The summed E-state index contributed by atoms with van der Waals surface area (Å²) in [6.07, 6.45) is 3.08. The van der Waals surface area contributed by atoms with E-state index in [1.165, 1.54) is 6.08 Å². The van der Waals surface area contributed by atoms with Crippen LogP contribution in [-0.4, -0.2) is 18.9 Å². The topological polar surface area (TPSA) is 79.5 Å². The molecular weight excluding hydrogens is 438 g/mol. The number of carbonyl (C=O) groups is 2. The molecule has 4 aromatic carbocycles. The minimum Gasteiger partial charge on any atom is -0.496 e. The molecule has 0 radical (unpaired) electrons. The van der Waals surface area contributed by atoms with Crippen molar-refractivity contribution in [1.29, 1.82) is 0 Å². The van der Waals surface area contributed by atoms with Gasteiger partial charge in [-0.3, -0.25) is 9.59 Å². The fourth-order valence-corrected chi connectivity index (χ4v) is 3.46. The van der Waals surface area contributed by atoms with Crippen LogP contribution >= 0.6 is 0 Å². The summed E-state index contributed by atoms with van der Waals surface area (Å²) in [5.74, 6) is -0.00723. The number of hydrogen-bond donors (Lipinski definition) is 3. The zero-order chi connectivity index (χ0) is 24.5. The quantitative estimate of drug-likeness (QED) is 0.266. The van der Waals surface area contributed by atoms with Gasteiger partial charge in [0, 0.05) is 28.7 Å². The van der Waals surface area contributed by atoms with Gasteiger partial charge in [0.1, 0.15) is 5.75 Å². The first kappa shape index (κ1) is 23.3. The molecule has 0 bridgehead atoms. The Labute approximate surface area is 204 Å². The minimum absolute atomic E-state index is 0.321. The third kappa shape index (κ3) is 6.36. The van der Waals surface area contributed by atoms with Crippen molar-refractivity contribution in [2.75, 3.05) is 23.1 Å². The maximum absolute atomic E-state index is 12.9. The van der Waals surface area contributed by atoms with E-state index in [0.29, 0.717) is 22.7 Å². The predicted octanol–water partition coefficient (Wildman–Crippen LogP) is 6.34. The van der Waals surface area contributed by atoms with E-state index in [2.05, 4.69) is 16.0 Å². The highest BCUT2D eigenvalue weighted by molar-refractivity contribution is 6.11. The largest absolute Gasteiger partial charge is 0.496 e. The highest BCUT2D eigenvalue weighted by atomic mass is 16.5. The van der Waals surface area contributed by atoms with Crippen LogP contribution in [0.3, 0.4) is 0 Å². The van der Waals surface area contributed by atoms with Gasteiger partial charge in [0.05, 0.1) is 18.4 Å². The van der Waals surface area contributed by atoms with Gasteiger partial charge in [0.15, 0.2) is 0 Å². The van der Waals surface area contributed by atoms with Crippen LogP contribution in [0.4, 0.5) is 22.7 Å². The molecule has 35 heavy (non-hydrogen) atoms. The molecular formula is C29H25N3O3. The lowest BCUT2D eigenvalue weighted by Crippen LogP contribution is -2.17. The van der Waals surface area contributed by atoms with E-state index >= 15 is 0 Å². The maximum Gasteiger partial charge on any atom is 0.257 e. The number of rotatable bonds is 8. The van der Waals surface area contributed by atoms with Gasteiger partial charge in [-0.15, -0.1) is 0 Å². The highest BCUT2D eigenvalue weighted by Gasteiger charge is 2.13. The van der Waals surface area contributed by atoms with Gasteiger partial charge in [0.25, 0.3) is 5.91 Å². The fraction of sp³-hybridized carbons (Fsp3) is 0.0345. The van der Waals surface area contributed by atoms with E-state index in [-0.39, 0.29) is 11.8 Å².